The van der Waals surface area contributed by atoms with Gasteiger partial charge in [-0.15, -0.1) is 0 Å². The van der Waals surface area contributed by atoms with Gasteiger partial charge in [0.05, 0.1) is 0 Å². The molecule has 1 amide bonds. The second-order valence-electron chi connectivity index (χ2n) is 4.45. The van der Waals surface area contributed by atoms with Gasteiger partial charge in [-0.25, -0.2) is 0 Å². The molecule has 100 valence electrons. The Morgan fingerprint density at radius 2 is 1.83 bits per heavy atom. The van der Waals surface area contributed by atoms with E-state index in [0.717, 1.165) is 25.2 Å². The third-order valence-corrected chi connectivity index (χ3v) is 2.86. The molecule has 0 unspecified atom stereocenters. The lowest BCUT2D eigenvalue weighted by molar-refractivity contribution is -0.115. The molecule has 1 rings (SSSR count). The normalized spacial score (nSPS) is 10.3. The van der Waals surface area contributed by atoms with Crippen molar-refractivity contribution in [3.8, 4) is 0 Å². The second kappa shape index (κ2) is 8.70. The number of anilines is 1. The van der Waals surface area contributed by atoms with Gasteiger partial charge in [0.25, 0.3) is 0 Å². The fourth-order valence-corrected chi connectivity index (χ4v) is 1.66. The molecule has 0 saturated heterocycles. The molecular weight excluding hydrogens is 224 g/mol. The molecule has 0 atom stereocenters. The van der Waals surface area contributed by atoms with E-state index in [9.17, 15) is 4.79 Å². The highest BCUT2D eigenvalue weighted by Gasteiger charge is 1.99. The topological polar surface area (TPSA) is 41.1 Å². The maximum absolute atomic E-state index is 11.2. The van der Waals surface area contributed by atoms with E-state index in [0.29, 0.717) is 6.42 Å². The van der Waals surface area contributed by atoms with Crippen LogP contribution in [0, 0.1) is 0 Å². The number of nitrogens with one attached hydrogen (secondary N) is 2. The van der Waals surface area contributed by atoms with Crippen molar-refractivity contribution in [1.29, 1.82) is 0 Å². The van der Waals surface area contributed by atoms with Gasteiger partial charge in [0, 0.05) is 12.1 Å². The van der Waals surface area contributed by atoms with Crippen LogP contribution < -0.4 is 10.6 Å². The highest BCUT2D eigenvalue weighted by molar-refractivity contribution is 5.90. The molecule has 0 fully saturated rings. The van der Waals surface area contributed by atoms with E-state index in [4.69, 9.17) is 0 Å². The van der Waals surface area contributed by atoms with Gasteiger partial charge in [-0.2, -0.15) is 0 Å². The van der Waals surface area contributed by atoms with Crippen molar-refractivity contribution in [2.75, 3.05) is 18.4 Å². The number of unbranched alkanes of at least 4 members (excludes halogenated alkanes) is 1. The third kappa shape index (κ3) is 5.82. The summed E-state index contributed by atoms with van der Waals surface area (Å²) in [6.45, 7) is 6.17. The lowest BCUT2D eigenvalue weighted by Gasteiger charge is -2.06. The third-order valence-electron chi connectivity index (χ3n) is 2.86. The van der Waals surface area contributed by atoms with E-state index in [2.05, 4.69) is 29.7 Å². The molecule has 3 heteroatoms. The van der Waals surface area contributed by atoms with Crippen molar-refractivity contribution in [3.63, 3.8) is 0 Å². The summed E-state index contributed by atoms with van der Waals surface area (Å²) in [5, 5.41) is 6.27. The predicted molar refractivity (Wildman–Crippen MR) is 76.8 cm³/mol. The van der Waals surface area contributed by atoms with E-state index >= 15 is 0 Å². The summed E-state index contributed by atoms with van der Waals surface area (Å²) in [5.74, 6) is 0.0592. The maximum Gasteiger partial charge on any atom is 0.224 e. The average molecular weight is 248 g/mol. The first-order valence-electron chi connectivity index (χ1n) is 6.85. The van der Waals surface area contributed by atoms with Crippen LogP contribution in [0.1, 0.15) is 38.7 Å². The fraction of sp³-hybridized carbons (Fsp3) is 0.533. The van der Waals surface area contributed by atoms with Crippen LogP contribution in [0.25, 0.3) is 0 Å². The summed E-state index contributed by atoms with van der Waals surface area (Å²) in [5.41, 5.74) is 2.18. The molecule has 1 aromatic rings. The van der Waals surface area contributed by atoms with Crippen LogP contribution in [0.3, 0.4) is 0 Å². The average Bonchev–Trinajstić information content (AvgIpc) is 2.40. The van der Waals surface area contributed by atoms with Crippen molar-refractivity contribution < 1.29 is 4.79 Å². The lowest BCUT2D eigenvalue weighted by atomic mass is 10.1. The zero-order chi connectivity index (χ0) is 13.2. The fourth-order valence-electron chi connectivity index (χ4n) is 1.66. The number of hydrogen-bond acceptors (Lipinski definition) is 2. The Kier molecular flexibility index (Phi) is 7.11. The van der Waals surface area contributed by atoms with Crippen LogP contribution in [-0.2, 0) is 11.2 Å². The molecule has 0 aliphatic carbocycles. The first-order chi connectivity index (χ1) is 8.76. The molecular formula is C15H24N2O. The van der Waals surface area contributed by atoms with Crippen molar-refractivity contribution >= 4 is 11.6 Å². The maximum atomic E-state index is 11.2. The minimum Gasteiger partial charge on any atom is -0.326 e. The summed E-state index contributed by atoms with van der Waals surface area (Å²) < 4.78 is 0. The highest BCUT2D eigenvalue weighted by Crippen LogP contribution is 2.10. The van der Waals surface area contributed by atoms with Gasteiger partial charge in [0.1, 0.15) is 0 Å². The number of benzene rings is 1. The number of amides is 1. The van der Waals surface area contributed by atoms with E-state index < -0.39 is 0 Å². The Morgan fingerprint density at radius 3 is 2.44 bits per heavy atom. The van der Waals surface area contributed by atoms with Crippen molar-refractivity contribution in [3.05, 3.63) is 29.8 Å². The summed E-state index contributed by atoms with van der Waals surface area (Å²) in [7, 11) is 0. The van der Waals surface area contributed by atoms with Crippen molar-refractivity contribution in [2.24, 2.45) is 0 Å². The number of carbonyl (C=O) groups is 1. The van der Waals surface area contributed by atoms with Gasteiger partial charge in [0.15, 0.2) is 0 Å². The summed E-state index contributed by atoms with van der Waals surface area (Å²) in [4.78, 5) is 11.2. The molecule has 1 aromatic carbocycles. The Balaban J connectivity index is 2.29. The van der Waals surface area contributed by atoms with Gasteiger partial charge in [-0.3, -0.25) is 4.79 Å². The Bertz CT molecular complexity index is 346. The van der Waals surface area contributed by atoms with Gasteiger partial charge in [-0.05, 0) is 43.6 Å². The molecule has 0 aliphatic heterocycles. The van der Waals surface area contributed by atoms with Crippen LogP contribution in [-0.4, -0.2) is 19.0 Å². The van der Waals surface area contributed by atoms with E-state index in [1.54, 1.807) is 0 Å². The minimum atomic E-state index is 0.0592. The molecule has 0 aliphatic rings. The quantitative estimate of drug-likeness (QED) is 0.694. The smallest absolute Gasteiger partial charge is 0.224 e. The molecule has 0 bridgehead atoms. The number of carbonyl (C=O) groups excluding carboxylic acids is 1. The zero-order valence-corrected chi connectivity index (χ0v) is 11.5. The molecule has 0 heterocycles. The minimum absolute atomic E-state index is 0.0592. The Labute approximate surface area is 110 Å². The van der Waals surface area contributed by atoms with Gasteiger partial charge in [0.2, 0.25) is 5.91 Å². The molecule has 18 heavy (non-hydrogen) atoms. The largest absolute Gasteiger partial charge is 0.326 e. The summed E-state index contributed by atoms with van der Waals surface area (Å²) in [6, 6.07) is 8.09. The van der Waals surface area contributed by atoms with Gasteiger partial charge in [-0.1, -0.05) is 32.4 Å². The molecule has 2 N–H and O–H groups in total. The first kappa shape index (κ1) is 14.7. The van der Waals surface area contributed by atoms with Crippen LogP contribution in [0.5, 0.6) is 0 Å². The van der Waals surface area contributed by atoms with Crippen LogP contribution in [0.4, 0.5) is 5.69 Å². The molecule has 0 aromatic heterocycles. The van der Waals surface area contributed by atoms with Crippen LogP contribution in [0.2, 0.25) is 0 Å². The molecule has 0 radical (unpaired) electrons. The van der Waals surface area contributed by atoms with E-state index in [1.165, 1.54) is 18.4 Å². The summed E-state index contributed by atoms with van der Waals surface area (Å²) in [6.07, 6.45) is 4.02. The zero-order valence-electron chi connectivity index (χ0n) is 11.5. The van der Waals surface area contributed by atoms with Gasteiger partial charge < -0.3 is 10.6 Å². The van der Waals surface area contributed by atoms with E-state index in [1.807, 2.05) is 19.1 Å². The Hall–Kier alpha value is -1.35. The molecule has 3 nitrogen and oxygen atoms in total. The monoisotopic (exact) mass is 248 g/mol. The Morgan fingerprint density at radius 1 is 1.11 bits per heavy atom. The van der Waals surface area contributed by atoms with Crippen molar-refractivity contribution in [1.82, 2.24) is 5.32 Å². The predicted octanol–water partition coefficient (Wildman–Crippen LogP) is 2.97. The first-order valence-corrected chi connectivity index (χ1v) is 6.85. The number of hydrogen-bond donors (Lipinski definition) is 2. The van der Waals surface area contributed by atoms with Gasteiger partial charge >= 0.3 is 0 Å². The van der Waals surface area contributed by atoms with Crippen molar-refractivity contribution in [2.45, 2.75) is 39.5 Å². The number of rotatable bonds is 8. The van der Waals surface area contributed by atoms with Crippen LogP contribution >= 0.6 is 0 Å². The highest BCUT2D eigenvalue weighted by atomic mass is 16.1. The SMILES string of the molecule is CCCCNCCc1ccc(NC(=O)CC)cc1. The molecule has 0 spiro atoms. The summed E-state index contributed by atoms with van der Waals surface area (Å²) >= 11 is 0. The molecule has 0 saturated carbocycles. The standard InChI is InChI=1S/C15H24N2O/c1-3-5-11-16-12-10-13-6-8-14(9-7-13)17-15(18)4-2/h6-9,16H,3-5,10-12H2,1-2H3,(H,17,18). The van der Waals surface area contributed by atoms with E-state index in [-0.39, 0.29) is 5.91 Å². The lowest BCUT2D eigenvalue weighted by Crippen LogP contribution is -2.18. The second-order valence-corrected chi connectivity index (χ2v) is 4.45. The van der Waals surface area contributed by atoms with Crippen LogP contribution in [0.15, 0.2) is 24.3 Å².